The van der Waals surface area contributed by atoms with Crippen molar-refractivity contribution >= 4 is 6.29 Å². The summed E-state index contributed by atoms with van der Waals surface area (Å²) in [6.45, 7) is 7.68. The SMILES string of the molecule is CC(C)O[C@@H]1O[C@H](CCC=O)[C@H]2OC(C)(C)O[C@@H]12. The number of fused-ring (bicyclic) bond motifs is 1. The molecular formula is C13H22O5. The highest BCUT2D eigenvalue weighted by Gasteiger charge is 2.55. The molecule has 0 unspecified atom stereocenters. The van der Waals surface area contributed by atoms with Gasteiger partial charge in [0.2, 0.25) is 0 Å². The lowest BCUT2D eigenvalue weighted by atomic mass is 10.1. The molecule has 0 aliphatic carbocycles. The Morgan fingerprint density at radius 1 is 1.28 bits per heavy atom. The van der Waals surface area contributed by atoms with Gasteiger partial charge in [-0.05, 0) is 34.1 Å². The monoisotopic (exact) mass is 258 g/mol. The summed E-state index contributed by atoms with van der Waals surface area (Å²) < 4.78 is 23.2. The summed E-state index contributed by atoms with van der Waals surface area (Å²) in [4.78, 5) is 10.5. The molecule has 0 aromatic rings. The van der Waals surface area contributed by atoms with Crippen molar-refractivity contribution in [1.29, 1.82) is 0 Å². The zero-order valence-electron chi connectivity index (χ0n) is 11.4. The molecule has 0 aromatic carbocycles. The summed E-state index contributed by atoms with van der Waals surface area (Å²) in [6.07, 6.45) is 1.17. The minimum Gasteiger partial charge on any atom is -0.347 e. The first-order valence-corrected chi connectivity index (χ1v) is 6.53. The Labute approximate surface area is 108 Å². The Morgan fingerprint density at radius 2 is 1.94 bits per heavy atom. The Hall–Kier alpha value is -0.490. The molecule has 2 saturated heterocycles. The van der Waals surface area contributed by atoms with Crippen LogP contribution in [-0.4, -0.2) is 42.8 Å². The Balaban J connectivity index is 2.05. The van der Waals surface area contributed by atoms with E-state index in [2.05, 4.69) is 0 Å². The fraction of sp³-hybridized carbons (Fsp3) is 0.923. The highest BCUT2D eigenvalue weighted by molar-refractivity contribution is 5.49. The third kappa shape index (κ3) is 2.91. The molecule has 0 radical (unpaired) electrons. The van der Waals surface area contributed by atoms with Crippen LogP contribution < -0.4 is 0 Å². The largest absolute Gasteiger partial charge is 0.347 e. The van der Waals surface area contributed by atoms with Crippen LogP contribution in [0.25, 0.3) is 0 Å². The second-order valence-corrected chi connectivity index (χ2v) is 5.54. The molecule has 0 aromatic heterocycles. The molecular weight excluding hydrogens is 236 g/mol. The molecule has 0 bridgehead atoms. The average Bonchev–Trinajstić information content (AvgIpc) is 2.71. The number of rotatable bonds is 5. The summed E-state index contributed by atoms with van der Waals surface area (Å²) in [5, 5.41) is 0. The maximum absolute atomic E-state index is 10.5. The Kier molecular flexibility index (Phi) is 4.06. The van der Waals surface area contributed by atoms with Crippen LogP contribution in [0.2, 0.25) is 0 Å². The molecule has 0 saturated carbocycles. The molecule has 104 valence electrons. The highest BCUT2D eigenvalue weighted by atomic mass is 16.8. The standard InChI is InChI=1S/C13H22O5/c1-8(2)15-12-11-10(17-13(3,4)18-11)9(16-12)6-5-7-14/h7-12H,5-6H2,1-4H3/t9-,10-,11-,12-/m1/s1. The van der Waals surface area contributed by atoms with Gasteiger partial charge in [0.05, 0.1) is 12.2 Å². The fourth-order valence-electron chi connectivity index (χ4n) is 2.48. The second kappa shape index (κ2) is 5.25. The predicted molar refractivity (Wildman–Crippen MR) is 64.0 cm³/mol. The van der Waals surface area contributed by atoms with Gasteiger partial charge in [0.1, 0.15) is 18.5 Å². The third-order valence-electron chi connectivity index (χ3n) is 3.08. The van der Waals surface area contributed by atoms with Gasteiger partial charge in [0, 0.05) is 6.42 Å². The molecule has 2 rings (SSSR count). The first kappa shape index (κ1) is 13.9. The lowest BCUT2D eigenvalue weighted by Crippen LogP contribution is -2.33. The molecule has 0 spiro atoms. The third-order valence-corrected chi connectivity index (χ3v) is 3.08. The number of ether oxygens (including phenoxy) is 4. The number of carbonyl (C=O) groups is 1. The molecule has 2 fully saturated rings. The molecule has 4 atom stereocenters. The van der Waals surface area contributed by atoms with E-state index in [0.717, 1.165) is 6.29 Å². The van der Waals surface area contributed by atoms with Crippen LogP contribution in [0.3, 0.4) is 0 Å². The van der Waals surface area contributed by atoms with Gasteiger partial charge < -0.3 is 23.7 Å². The van der Waals surface area contributed by atoms with Crippen molar-refractivity contribution in [3.05, 3.63) is 0 Å². The van der Waals surface area contributed by atoms with Gasteiger partial charge in [-0.25, -0.2) is 0 Å². The minimum absolute atomic E-state index is 0.0628. The zero-order chi connectivity index (χ0) is 13.3. The molecule has 2 heterocycles. The highest BCUT2D eigenvalue weighted by Crippen LogP contribution is 2.40. The molecule has 5 nitrogen and oxygen atoms in total. The van der Waals surface area contributed by atoms with Gasteiger partial charge in [-0.2, -0.15) is 0 Å². The van der Waals surface area contributed by atoms with Crippen molar-refractivity contribution in [2.24, 2.45) is 0 Å². The predicted octanol–water partition coefficient (Wildman–Crippen LogP) is 1.64. The molecule has 0 amide bonds. The first-order chi connectivity index (χ1) is 8.43. The molecule has 2 aliphatic heterocycles. The van der Waals surface area contributed by atoms with Gasteiger partial charge in [0.25, 0.3) is 0 Å². The lowest BCUT2D eigenvalue weighted by Gasteiger charge is -2.24. The quantitative estimate of drug-likeness (QED) is 0.702. The van der Waals surface area contributed by atoms with Crippen molar-refractivity contribution in [2.75, 3.05) is 0 Å². The first-order valence-electron chi connectivity index (χ1n) is 6.53. The van der Waals surface area contributed by atoms with Gasteiger partial charge in [-0.15, -0.1) is 0 Å². The van der Waals surface area contributed by atoms with Crippen LogP contribution in [-0.2, 0) is 23.7 Å². The maximum atomic E-state index is 10.5. The van der Waals surface area contributed by atoms with Crippen molar-refractivity contribution in [1.82, 2.24) is 0 Å². The minimum atomic E-state index is -0.614. The van der Waals surface area contributed by atoms with Crippen molar-refractivity contribution < 1.29 is 23.7 Å². The van der Waals surface area contributed by atoms with Crippen LogP contribution in [0.1, 0.15) is 40.5 Å². The molecule has 5 heteroatoms. The van der Waals surface area contributed by atoms with E-state index < -0.39 is 12.1 Å². The van der Waals surface area contributed by atoms with Gasteiger partial charge in [-0.3, -0.25) is 0 Å². The van der Waals surface area contributed by atoms with Gasteiger partial charge in [-0.1, -0.05) is 0 Å². The summed E-state index contributed by atoms with van der Waals surface area (Å²) in [6, 6.07) is 0. The van der Waals surface area contributed by atoms with Crippen LogP contribution >= 0.6 is 0 Å². The number of hydrogen-bond donors (Lipinski definition) is 0. The van der Waals surface area contributed by atoms with Gasteiger partial charge >= 0.3 is 0 Å². The number of hydrogen-bond acceptors (Lipinski definition) is 5. The van der Waals surface area contributed by atoms with E-state index in [1.807, 2.05) is 27.7 Å². The molecule has 0 N–H and O–H groups in total. The second-order valence-electron chi connectivity index (χ2n) is 5.54. The van der Waals surface area contributed by atoms with Crippen LogP contribution in [0, 0.1) is 0 Å². The number of carbonyl (C=O) groups excluding carboxylic acids is 1. The molecule has 2 aliphatic rings. The Morgan fingerprint density at radius 3 is 2.56 bits per heavy atom. The summed E-state index contributed by atoms with van der Waals surface area (Å²) in [5.41, 5.74) is 0. The van der Waals surface area contributed by atoms with Crippen LogP contribution in [0.15, 0.2) is 0 Å². The zero-order valence-corrected chi connectivity index (χ0v) is 11.4. The topological polar surface area (TPSA) is 54.0 Å². The van der Waals surface area contributed by atoms with E-state index in [9.17, 15) is 4.79 Å². The summed E-state index contributed by atoms with van der Waals surface area (Å²) in [7, 11) is 0. The van der Waals surface area contributed by atoms with E-state index >= 15 is 0 Å². The summed E-state index contributed by atoms with van der Waals surface area (Å²) in [5.74, 6) is -0.614. The van der Waals surface area contributed by atoms with E-state index in [0.29, 0.717) is 12.8 Å². The lowest BCUT2D eigenvalue weighted by molar-refractivity contribution is -0.241. The Bertz CT molecular complexity index is 302. The van der Waals surface area contributed by atoms with E-state index in [1.54, 1.807) is 0 Å². The van der Waals surface area contributed by atoms with Crippen molar-refractivity contribution in [3.63, 3.8) is 0 Å². The van der Waals surface area contributed by atoms with Crippen molar-refractivity contribution in [2.45, 2.75) is 77.0 Å². The van der Waals surface area contributed by atoms with Crippen molar-refractivity contribution in [3.8, 4) is 0 Å². The van der Waals surface area contributed by atoms with E-state index in [-0.39, 0.29) is 24.4 Å². The van der Waals surface area contributed by atoms with Crippen LogP contribution in [0.4, 0.5) is 0 Å². The maximum Gasteiger partial charge on any atom is 0.187 e. The van der Waals surface area contributed by atoms with E-state index in [1.165, 1.54) is 0 Å². The average molecular weight is 258 g/mol. The molecule has 18 heavy (non-hydrogen) atoms. The normalized spacial score (nSPS) is 38.1. The van der Waals surface area contributed by atoms with Crippen LogP contribution in [0.5, 0.6) is 0 Å². The number of aldehydes is 1. The van der Waals surface area contributed by atoms with E-state index in [4.69, 9.17) is 18.9 Å². The van der Waals surface area contributed by atoms with Gasteiger partial charge in [0.15, 0.2) is 12.1 Å². The summed E-state index contributed by atoms with van der Waals surface area (Å²) >= 11 is 0. The fourth-order valence-corrected chi connectivity index (χ4v) is 2.48. The smallest absolute Gasteiger partial charge is 0.187 e.